The zero-order valence-electron chi connectivity index (χ0n) is 7.74. The van der Waals surface area contributed by atoms with Gasteiger partial charge in [-0.15, -0.1) is 11.3 Å². The lowest BCUT2D eigenvalue weighted by molar-refractivity contribution is 0.0691. The summed E-state index contributed by atoms with van der Waals surface area (Å²) in [5.41, 5.74) is 1.37. The summed E-state index contributed by atoms with van der Waals surface area (Å²) in [6, 6.07) is 3.52. The second-order valence-corrected chi connectivity index (χ2v) is 4.70. The Morgan fingerprint density at radius 1 is 1.60 bits per heavy atom. The summed E-state index contributed by atoms with van der Waals surface area (Å²) in [4.78, 5) is 11.7. The van der Waals surface area contributed by atoms with Crippen molar-refractivity contribution in [2.45, 2.75) is 6.92 Å². The largest absolute Gasteiger partial charge is 0.476 e. The molecule has 2 aromatic rings. The van der Waals surface area contributed by atoms with Crippen molar-refractivity contribution in [1.82, 2.24) is 10.2 Å². The van der Waals surface area contributed by atoms with E-state index in [0.717, 1.165) is 10.6 Å². The molecule has 2 aromatic heterocycles. The average molecular weight is 243 g/mol. The highest BCUT2D eigenvalue weighted by Gasteiger charge is 2.19. The number of hydrogen-bond acceptors (Lipinski definition) is 3. The predicted molar refractivity (Wildman–Crippen MR) is 58.6 cm³/mol. The molecule has 0 unspecified atom stereocenters. The number of carboxylic acid groups (broad SMARTS) is 1. The van der Waals surface area contributed by atoms with Gasteiger partial charge in [-0.25, -0.2) is 4.79 Å². The molecule has 2 rings (SSSR count). The molecule has 0 atom stereocenters. The molecule has 6 heteroatoms. The minimum absolute atomic E-state index is 0.0333. The van der Waals surface area contributed by atoms with Crippen molar-refractivity contribution in [3.05, 3.63) is 27.9 Å². The lowest BCUT2D eigenvalue weighted by Crippen LogP contribution is -1.98. The number of aromatic carboxylic acids is 1. The van der Waals surface area contributed by atoms with E-state index in [0.29, 0.717) is 9.90 Å². The molecule has 2 heterocycles. The third-order valence-corrected chi connectivity index (χ3v) is 3.22. The zero-order chi connectivity index (χ0) is 11.0. The van der Waals surface area contributed by atoms with Gasteiger partial charge in [0.15, 0.2) is 5.69 Å². The fourth-order valence-electron chi connectivity index (χ4n) is 1.33. The molecule has 0 aromatic carbocycles. The molecular weight excluding hydrogens is 236 g/mol. The number of carbonyl (C=O) groups is 1. The molecular formula is C9H7ClN2O2S. The van der Waals surface area contributed by atoms with Gasteiger partial charge in [-0.3, -0.25) is 5.10 Å². The number of aromatic amines is 1. The minimum Gasteiger partial charge on any atom is -0.476 e. The molecule has 0 aliphatic rings. The van der Waals surface area contributed by atoms with Gasteiger partial charge in [0.25, 0.3) is 0 Å². The Hall–Kier alpha value is -1.33. The average Bonchev–Trinajstić information content (AvgIpc) is 2.71. The Labute approximate surface area is 94.5 Å². The molecule has 15 heavy (non-hydrogen) atoms. The Morgan fingerprint density at radius 3 is 2.87 bits per heavy atom. The number of nitrogens with one attached hydrogen (secondary N) is 1. The molecule has 0 aliphatic carbocycles. The van der Waals surface area contributed by atoms with Gasteiger partial charge in [0.1, 0.15) is 0 Å². The molecule has 0 amide bonds. The summed E-state index contributed by atoms with van der Waals surface area (Å²) in [6.45, 7) is 1.78. The predicted octanol–water partition coefficient (Wildman–Crippen LogP) is 2.80. The molecule has 0 aliphatic heterocycles. The first-order valence-electron chi connectivity index (χ1n) is 4.13. The molecule has 78 valence electrons. The molecule has 0 fully saturated rings. The quantitative estimate of drug-likeness (QED) is 0.851. The smallest absolute Gasteiger partial charge is 0.357 e. The first kappa shape index (κ1) is 10.2. The normalized spacial score (nSPS) is 10.5. The summed E-state index contributed by atoms with van der Waals surface area (Å²) in [7, 11) is 0. The van der Waals surface area contributed by atoms with Crippen molar-refractivity contribution in [1.29, 1.82) is 0 Å². The lowest BCUT2D eigenvalue weighted by atomic mass is 10.1. The van der Waals surface area contributed by atoms with Gasteiger partial charge in [0, 0.05) is 16.1 Å². The summed E-state index contributed by atoms with van der Waals surface area (Å²) >= 11 is 7.14. The van der Waals surface area contributed by atoms with Crippen LogP contribution in [0.1, 0.15) is 16.2 Å². The number of aromatic nitrogens is 2. The van der Waals surface area contributed by atoms with Crippen LogP contribution in [0.15, 0.2) is 12.1 Å². The van der Waals surface area contributed by atoms with Gasteiger partial charge in [-0.1, -0.05) is 11.6 Å². The van der Waals surface area contributed by atoms with Crippen molar-refractivity contribution in [3.8, 4) is 10.4 Å². The first-order valence-corrected chi connectivity index (χ1v) is 5.33. The van der Waals surface area contributed by atoms with Gasteiger partial charge in [0.05, 0.1) is 4.34 Å². The van der Waals surface area contributed by atoms with E-state index in [-0.39, 0.29) is 5.69 Å². The van der Waals surface area contributed by atoms with Crippen LogP contribution in [0.4, 0.5) is 0 Å². The lowest BCUT2D eigenvalue weighted by Gasteiger charge is -1.95. The topological polar surface area (TPSA) is 66.0 Å². The number of aryl methyl sites for hydroxylation is 1. The first-order chi connectivity index (χ1) is 7.09. The van der Waals surface area contributed by atoms with Crippen LogP contribution >= 0.6 is 22.9 Å². The molecule has 0 saturated carbocycles. The van der Waals surface area contributed by atoms with Gasteiger partial charge in [-0.05, 0) is 19.1 Å². The Morgan fingerprint density at radius 2 is 2.33 bits per heavy atom. The van der Waals surface area contributed by atoms with E-state index >= 15 is 0 Å². The Kier molecular flexibility index (Phi) is 2.50. The SMILES string of the molecule is Cc1[nH]nc(C(=O)O)c1-c1ccc(Cl)s1. The van der Waals surface area contributed by atoms with Crippen LogP contribution in [0, 0.1) is 6.92 Å². The molecule has 0 saturated heterocycles. The van der Waals surface area contributed by atoms with E-state index in [9.17, 15) is 4.79 Å². The van der Waals surface area contributed by atoms with Crippen LogP contribution in [0.25, 0.3) is 10.4 Å². The molecule has 0 spiro atoms. The van der Waals surface area contributed by atoms with Gasteiger partial charge >= 0.3 is 5.97 Å². The third-order valence-electron chi connectivity index (χ3n) is 1.97. The third kappa shape index (κ3) is 1.75. The van der Waals surface area contributed by atoms with Gasteiger partial charge in [-0.2, -0.15) is 5.10 Å². The summed E-state index contributed by atoms with van der Waals surface area (Å²) < 4.78 is 0.627. The van der Waals surface area contributed by atoms with Crippen LogP contribution in [0.5, 0.6) is 0 Å². The summed E-state index contributed by atoms with van der Waals surface area (Å²) in [6.07, 6.45) is 0. The van der Waals surface area contributed by atoms with Crippen molar-refractivity contribution in [2.75, 3.05) is 0 Å². The van der Waals surface area contributed by atoms with E-state index in [1.807, 2.05) is 0 Å². The van der Waals surface area contributed by atoms with E-state index in [4.69, 9.17) is 16.7 Å². The standard InChI is InChI=1S/C9H7ClN2O2S/c1-4-7(5-2-3-6(10)15-5)8(9(13)14)12-11-4/h2-3H,1H3,(H,11,12)(H,13,14). The number of nitrogens with zero attached hydrogens (tertiary/aromatic N) is 1. The Bertz CT molecular complexity index is 518. The molecule has 2 N–H and O–H groups in total. The maximum atomic E-state index is 10.9. The number of halogens is 1. The highest BCUT2D eigenvalue weighted by atomic mass is 35.5. The van der Waals surface area contributed by atoms with Crippen molar-refractivity contribution < 1.29 is 9.90 Å². The van der Waals surface area contributed by atoms with E-state index in [2.05, 4.69) is 10.2 Å². The van der Waals surface area contributed by atoms with Gasteiger partial charge < -0.3 is 5.11 Å². The second kappa shape index (κ2) is 3.67. The zero-order valence-corrected chi connectivity index (χ0v) is 9.32. The van der Waals surface area contributed by atoms with Gasteiger partial charge in [0.2, 0.25) is 0 Å². The van der Waals surface area contributed by atoms with Crippen LogP contribution in [0.2, 0.25) is 4.34 Å². The van der Waals surface area contributed by atoms with Crippen LogP contribution in [0.3, 0.4) is 0 Å². The van der Waals surface area contributed by atoms with Crippen molar-refractivity contribution in [2.24, 2.45) is 0 Å². The maximum Gasteiger partial charge on any atom is 0.357 e. The van der Waals surface area contributed by atoms with E-state index in [1.54, 1.807) is 19.1 Å². The summed E-state index contributed by atoms with van der Waals surface area (Å²) in [5.74, 6) is -1.04. The summed E-state index contributed by atoms with van der Waals surface area (Å²) in [5, 5.41) is 15.3. The highest BCUT2D eigenvalue weighted by molar-refractivity contribution is 7.19. The number of thiophene rings is 1. The minimum atomic E-state index is -1.04. The molecule has 0 bridgehead atoms. The number of rotatable bonds is 2. The van der Waals surface area contributed by atoms with Crippen LogP contribution < -0.4 is 0 Å². The highest BCUT2D eigenvalue weighted by Crippen LogP contribution is 2.34. The van der Waals surface area contributed by atoms with Crippen LogP contribution in [-0.4, -0.2) is 21.3 Å². The van der Waals surface area contributed by atoms with Crippen LogP contribution in [-0.2, 0) is 0 Å². The molecule has 4 nitrogen and oxygen atoms in total. The number of hydrogen-bond donors (Lipinski definition) is 2. The Balaban J connectivity index is 2.60. The van der Waals surface area contributed by atoms with E-state index in [1.165, 1.54) is 11.3 Å². The number of H-pyrrole nitrogens is 1. The fourth-order valence-corrected chi connectivity index (χ4v) is 2.48. The van der Waals surface area contributed by atoms with Crippen molar-refractivity contribution in [3.63, 3.8) is 0 Å². The monoisotopic (exact) mass is 242 g/mol. The van der Waals surface area contributed by atoms with Crippen molar-refractivity contribution >= 4 is 28.9 Å². The molecule has 0 radical (unpaired) electrons. The second-order valence-electron chi connectivity index (χ2n) is 2.98. The van der Waals surface area contributed by atoms with E-state index < -0.39 is 5.97 Å². The maximum absolute atomic E-state index is 10.9. The number of carboxylic acids is 1. The fraction of sp³-hybridized carbons (Fsp3) is 0.111.